The standard InChI is InChI=1S/C34H20O2/c1-2-10-21(11-3-1)31-22-12-4-6-14-24(22)32(25-15-7-5-13-23(25)31)28-20-30-33(27-18-19-35-34(27)28)26-16-8-9-17-29(26)36-30/h1-20H. The van der Waals surface area contributed by atoms with Gasteiger partial charge in [-0.2, -0.15) is 0 Å². The highest BCUT2D eigenvalue weighted by atomic mass is 16.3. The normalized spacial score (nSPS) is 11.9. The van der Waals surface area contributed by atoms with Crippen LogP contribution in [0.1, 0.15) is 0 Å². The minimum Gasteiger partial charge on any atom is -0.464 e. The molecule has 2 aromatic heterocycles. The van der Waals surface area contributed by atoms with Crippen LogP contribution in [0.2, 0.25) is 0 Å². The van der Waals surface area contributed by atoms with Gasteiger partial charge in [0.25, 0.3) is 0 Å². The van der Waals surface area contributed by atoms with Crippen molar-refractivity contribution in [2.24, 2.45) is 0 Å². The highest BCUT2D eigenvalue weighted by Gasteiger charge is 2.22. The molecule has 6 aromatic carbocycles. The molecule has 0 atom stereocenters. The Bertz CT molecular complexity index is 2030. The number of rotatable bonds is 2. The molecule has 0 saturated heterocycles. The first-order valence-corrected chi connectivity index (χ1v) is 12.2. The van der Waals surface area contributed by atoms with Gasteiger partial charge in [-0.1, -0.05) is 97.1 Å². The Morgan fingerprint density at radius 3 is 1.72 bits per heavy atom. The van der Waals surface area contributed by atoms with E-state index in [-0.39, 0.29) is 0 Å². The third-order valence-electron chi connectivity index (χ3n) is 7.34. The maximum atomic E-state index is 6.37. The summed E-state index contributed by atoms with van der Waals surface area (Å²) in [5.41, 5.74) is 7.34. The first kappa shape index (κ1) is 19.5. The Hall–Kier alpha value is -4.82. The summed E-state index contributed by atoms with van der Waals surface area (Å²) in [4.78, 5) is 0. The molecule has 0 fully saturated rings. The Kier molecular flexibility index (Phi) is 3.97. The second kappa shape index (κ2) is 7.34. The highest BCUT2D eigenvalue weighted by Crippen LogP contribution is 2.47. The molecule has 8 aromatic rings. The average Bonchev–Trinajstić information content (AvgIpc) is 3.56. The number of furan rings is 2. The van der Waals surface area contributed by atoms with Crippen molar-refractivity contribution in [3.8, 4) is 22.3 Å². The van der Waals surface area contributed by atoms with Crippen LogP contribution >= 0.6 is 0 Å². The van der Waals surface area contributed by atoms with Gasteiger partial charge in [0.05, 0.1) is 6.26 Å². The molecule has 0 N–H and O–H groups in total. The van der Waals surface area contributed by atoms with Crippen molar-refractivity contribution in [3.05, 3.63) is 122 Å². The quantitative estimate of drug-likeness (QED) is 0.240. The van der Waals surface area contributed by atoms with E-state index >= 15 is 0 Å². The third kappa shape index (κ3) is 2.61. The van der Waals surface area contributed by atoms with E-state index in [0.29, 0.717) is 0 Å². The number of hydrogen-bond acceptors (Lipinski definition) is 2. The van der Waals surface area contributed by atoms with E-state index in [1.807, 2.05) is 12.1 Å². The molecule has 0 unspecified atom stereocenters. The molecule has 0 spiro atoms. The Morgan fingerprint density at radius 1 is 0.444 bits per heavy atom. The van der Waals surface area contributed by atoms with E-state index in [4.69, 9.17) is 8.83 Å². The van der Waals surface area contributed by atoms with Crippen molar-refractivity contribution < 1.29 is 8.83 Å². The molecule has 168 valence electrons. The van der Waals surface area contributed by atoms with E-state index in [1.165, 1.54) is 38.2 Å². The number of hydrogen-bond donors (Lipinski definition) is 0. The van der Waals surface area contributed by atoms with E-state index in [1.54, 1.807) is 6.26 Å². The first-order valence-electron chi connectivity index (χ1n) is 12.2. The molecule has 0 saturated carbocycles. The predicted molar refractivity (Wildman–Crippen MR) is 149 cm³/mol. The van der Waals surface area contributed by atoms with Gasteiger partial charge < -0.3 is 8.83 Å². The predicted octanol–water partition coefficient (Wildman–Crippen LogP) is 9.97. The summed E-state index contributed by atoms with van der Waals surface area (Å²) in [6.07, 6.45) is 1.79. The van der Waals surface area contributed by atoms with Gasteiger partial charge in [0.15, 0.2) is 0 Å². The second-order valence-electron chi connectivity index (χ2n) is 9.27. The Labute approximate surface area is 207 Å². The fourth-order valence-electron chi connectivity index (χ4n) is 5.88. The molecule has 0 aliphatic carbocycles. The second-order valence-corrected chi connectivity index (χ2v) is 9.27. The molecule has 0 radical (unpaired) electrons. The van der Waals surface area contributed by atoms with Crippen molar-refractivity contribution in [1.29, 1.82) is 0 Å². The molecule has 2 nitrogen and oxygen atoms in total. The summed E-state index contributed by atoms with van der Waals surface area (Å²) in [5, 5.41) is 8.13. The maximum absolute atomic E-state index is 6.37. The maximum Gasteiger partial charge on any atom is 0.142 e. The molecule has 8 rings (SSSR count). The van der Waals surface area contributed by atoms with Gasteiger partial charge in [-0.05, 0) is 50.9 Å². The molecule has 0 aliphatic heterocycles. The lowest BCUT2D eigenvalue weighted by molar-refractivity contribution is 0.616. The Balaban J connectivity index is 1.58. The largest absolute Gasteiger partial charge is 0.464 e. The fraction of sp³-hybridized carbons (Fsp3) is 0. The van der Waals surface area contributed by atoms with Crippen molar-refractivity contribution in [3.63, 3.8) is 0 Å². The highest BCUT2D eigenvalue weighted by molar-refractivity contribution is 6.27. The van der Waals surface area contributed by atoms with Crippen LogP contribution in [0.3, 0.4) is 0 Å². The van der Waals surface area contributed by atoms with Crippen LogP contribution in [0.4, 0.5) is 0 Å². The summed E-state index contributed by atoms with van der Waals surface area (Å²) in [6, 6.07) is 40.5. The fourth-order valence-corrected chi connectivity index (χ4v) is 5.88. The molecule has 36 heavy (non-hydrogen) atoms. The van der Waals surface area contributed by atoms with Crippen LogP contribution in [0, 0.1) is 0 Å². The summed E-state index contributed by atoms with van der Waals surface area (Å²) in [7, 11) is 0. The van der Waals surface area contributed by atoms with Crippen molar-refractivity contribution in [2.75, 3.05) is 0 Å². The molecule has 2 heterocycles. The minimum absolute atomic E-state index is 0.875. The van der Waals surface area contributed by atoms with E-state index < -0.39 is 0 Å². The lowest BCUT2D eigenvalue weighted by atomic mass is 9.85. The topological polar surface area (TPSA) is 26.3 Å². The monoisotopic (exact) mass is 460 g/mol. The summed E-state index contributed by atoms with van der Waals surface area (Å²) >= 11 is 0. The van der Waals surface area contributed by atoms with Gasteiger partial charge in [-0.3, -0.25) is 0 Å². The molecule has 0 bridgehead atoms. The molecular weight excluding hydrogens is 440 g/mol. The van der Waals surface area contributed by atoms with Gasteiger partial charge in [0.1, 0.15) is 16.7 Å². The van der Waals surface area contributed by atoms with E-state index in [2.05, 4.69) is 103 Å². The number of fused-ring (bicyclic) bond motifs is 7. The van der Waals surface area contributed by atoms with Crippen LogP contribution in [0.15, 0.2) is 130 Å². The lowest BCUT2D eigenvalue weighted by Gasteiger charge is -2.17. The van der Waals surface area contributed by atoms with Crippen molar-refractivity contribution in [1.82, 2.24) is 0 Å². The molecule has 2 heteroatoms. The molecule has 0 aliphatic rings. The van der Waals surface area contributed by atoms with Gasteiger partial charge >= 0.3 is 0 Å². The average molecular weight is 461 g/mol. The van der Waals surface area contributed by atoms with Crippen molar-refractivity contribution in [2.45, 2.75) is 0 Å². The van der Waals surface area contributed by atoms with Gasteiger partial charge in [0, 0.05) is 27.3 Å². The first-order chi connectivity index (χ1) is 17.9. The minimum atomic E-state index is 0.875. The SMILES string of the molecule is c1ccc(-c2c3ccccc3c(-c3cc4oc5ccccc5c4c4ccoc34)c3ccccc23)cc1. The van der Waals surface area contributed by atoms with E-state index in [9.17, 15) is 0 Å². The van der Waals surface area contributed by atoms with Crippen LogP contribution in [-0.4, -0.2) is 0 Å². The summed E-state index contributed by atoms with van der Waals surface area (Å²) in [6.45, 7) is 0. The lowest BCUT2D eigenvalue weighted by Crippen LogP contribution is -1.91. The van der Waals surface area contributed by atoms with Crippen LogP contribution in [0.5, 0.6) is 0 Å². The van der Waals surface area contributed by atoms with E-state index in [0.717, 1.165) is 38.5 Å². The third-order valence-corrected chi connectivity index (χ3v) is 7.34. The zero-order valence-electron chi connectivity index (χ0n) is 19.4. The van der Waals surface area contributed by atoms with Gasteiger partial charge in [0.2, 0.25) is 0 Å². The van der Waals surface area contributed by atoms with Crippen LogP contribution in [0.25, 0.3) is 76.7 Å². The van der Waals surface area contributed by atoms with Gasteiger partial charge in [-0.15, -0.1) is 0 Å². The zero-order chi connectivity index (χ0) is 23.6. The number of benzene rings is 6. The Morgan fingerprint density at radius 2 is 1.03 bits per heavy atom. The molecule has 0 amide bonds. The smallest absolute Gasteiger partial charge is 0.142 e. The van der Waals surface area contributed by atoms with Crippen LogP contribution in [-0.2, 0) is 0 Å². The molecular formula is C34H20O2. The number of para-hydroxylation sites is 1. The van der Waals surface area contributed by atoms with Gasteiger partial charge in [-0.25, -0.2) is 0 Å². The van der Waals surface area contributed by atoms with Crippen LogP contribution < -0.4 is 0 Å². The summed E-state index contributed by atoms with van der Waals surface area (Å²) in [5.74, 6) is 0. The zero-order valence-corrected chi connectivity index (χ0v) is 19.4. The van der Waals surface area contributed by atoms with Crippen molar-refractivity contribution >= 4 is 54.5 Å². The summed E-state index contributed by atoms with van der Waals surface area (Å²) < 4.78 is 12.6.